The molecule has 206 valence electrons. The van der Waals surface area contributed by atoms with Crippen LogP contribution in [-0.4, -0.2) is 81.6 Å². The van der Waals surface area contributed by atoms with E-state index in [2.05, 4.69) is 4.90 Å². The van der Waals surface area contributed by atoms with E-state index in [-0.39, 0.29) is 30.7 Å². The number of benzene rings is 3. The van der Waals surface area contributed by atoms with Gasteiger partial charge < -0.3 is 19.1 Å². The Hall–Kier alpha value is -3.60. The normalized spacial score (nSPS) is 15.5. The maximum Gasteiger partial charge on any atom is 0.243 e. The Balaban J connectivity index is 1.22. The zero-order valence-corrected chi connectivity index (χ0v) is 22.8. The molecule has 5 rings (SSSR count). The lowest BCUT2D eigenvalue weighted by Crippen LogP contribution is -2.51. The number of hydrogen-bond donors (Lipinski definition) is 0. The Morgan fingerprint density at radius 1 is 0.897 bits per heavy atom. The van der Waals surface area contributed by atoms with Crippen LogP contribution >= 0.6 is 0 Å². The van der Waals surface area contributed by atoms with E-state index in [4.69, 9.17) is 14.2 Å². The monoisotopic (exact) mass is 551 g/mol. The Bertz CT molecular complexity index is 1370. The number of methoxy groups -OCH3 is 1. The van der Waals surface area contributed by atoms with Gasteiger partial charge in [0.15, 0.2) is 11.5 Å². The van der Waals surface area contributed by atoms with Gasteiger partial charge in [0.2, 0.25) is 22.7 Å². The molecule has 0 N–H and O–H groups in total. The standard InChI is InChI=1S/C29H33N3O6S/c1-36-25-8-10-26(11-9-25)39(34,35)32(14-13-23-5-3-2-4-6-23)21-29(33)31-17-15-30(16-18-31)20-24-7-12-27-28(19-24)38-22-37-27/h2-12,19H,13-18,20-22H2,1H3. The number of hydrogen-bond acceptors (Lipinski definition) is 7. The number of fused-ring (bicyclic) bond motifs is 1. The fraction of sp³-hybridized carbons (Fsp3) is 0.345. The molecule has 2 aliphatic heterocycles. The molecule has 0 atom stereocenters. The molecule has 3 aromatic carbocycles. The molecular weight excluding hydrogens is 518 g/mol. The Labute approximate surface area is 229 Å². The first-order chi connectivity index (χ1) is 18.9. The van der Waals surface area contributed by atoms with Crippen molar-refractivity contribution in [3.63, 3.8) is 0 Å². The third-order valence-corrected chi connectivity index (χ3v) is 8.93. The summed E-state index contributed by atoms with van der Waals surface area (Å²) < 4.78 is 44.5. The lowest BCUT2D eigenvalue weighted by molar-refractivity contribution is -0.133. The van der Waals surface area contributed by atoms with Crippen molar-refractivity contribution in [1.82, 2.24) is 14.1 Å². The quantitative estimate of drug-likeness (QED) is 0.383. The van der Waals surface area contributed by atoms with E-state index in [1.807, 2.05) is 48.5 Å². The van der Waals surface area contributed by atoms with E-state index in [1.54, 1.807) is 17.0 Å². The summed E-state index contributed by atoms with van der Waals surface area (Å²) in [6, 6.07) is 21.9. The van der Waals surface area contributed by atoms with Crippen molar-refractivity contribution in [2.45, 2.75) is 17.9 Å². The number of ether oxygens (including phenoxy) is 3. The molecule has 0 spiro atoms. The van der Waals surface area contributed by atoms with Crippen molar-refractivity contribution < 1.29 is 27.4 Å². The van der Waals surface area contributed by atoms with Gasteiger partial charge >= 0.3 is 0 Å². The minimum Gasteiger partial charge on any atom is -0.497 e. The SMILES string of the molecule is COc1ccc(S(=O)(=O)N(CCc2ccccc2)CC(=O)N2CCN(Cc3ccc4c(c3)OCO4)CC2)cc1. The molecule has 0 bridgehead atoms. The number of rotatable bonds is 10. The van der Waals surface area contributed by atoms with Gasteiger partial charge in [0.1, 0.15) is 5.75 Å². The highest BCUT2D eigenvalue weighted by Crippen LogP contribution is 2.33. The molecule has 0 aliphatic carbocycles. The fourth-order valence-electron chi connectivity index (χ4n) is 4.78. The van der Waals surface area contributed by atoms with Crippen molar-refractivity contribution in [2.24, 2.45) is 0 Å². The Kier molecular flexibility index (Phi) is 8.35. The van der Waals surface area contributed by atoms with Crippen molar-refractivity contribution in [1.29, 1.82) is 0 Å². The van der Waals surface area contributed by atoms with Gasteiger partial charge in [-0.15, -0.1) is 0 Å². The third kappa shape index (κ3) is 6.52. The van der Waals surface area contributed by atoms with Crippen LogP contribution in [0.4, 0.5) is 0 Å². The summed E-state index contributed by atoms with van der Waals surface area (Å²) in [6.07, 6.45) is 0.507. The van der Waals surface area contributed by atoms with Gasteiger partial charge in [-0.25, -0.2) is 8.42 Å². The summed E-state index contributed by atoms with van der Waals surface area (Å²) in [4.78, 5) is 17.5. The lowest BCUT2D eigenvalue weighted by Gasteiger charge is -2.35. The zero-order valence-electron chi connectivity index (χ0n) is 22.0. The molecule has 0 unspecified atom stereocenters. The fourth-order valence-corrected chi connectivity index (χ4v) is 6.17. The van der Waals surface area contributed by atoms with E-state index < -0.39 is 10.0 Å². The first-order valence-electron chi connectivity index (χ1n) is 13.0. The van der Waals surface area contributed by atoms with Gasteiger partial charge in [0.05, 0.1) is 18.6 Å². The van der Waals surface area contributed by atoms with Crippen molar-refractivity contribution in [2.75, 3.05) is 53.2 Å². The number of piperazine rings is 1. The zero-order chi connectivity index (χ0) is 27.2. The summed E-state index contributed by atoms with van der Waals surface area (Å²) in [5, 5.41) is 0. The number of carbonyl (C=O) groups excluding carboxylic acids is 1. The second-order valence-electron chi connectivity index (χ2n) is 9.59. The summed E-state index contributed by atoms with van der Waals surface area (Å²) >= 11 is 0. The molecule has 9 nitrogen and oxygen atoms in total. The minimum absolute atomic E-state index is 0.137. The molecule has 1 saturated heterocycles. The maximum absolute atomic E-state index is 13.6. The Morgan fingerprint density at radius 3 is 2.33 bits per heavy atom. The highest BCUT2D eigenvalue weighted by Gasteiger charge is 2.30. The van der Waals surface area contributed by atoms with Crippen LogP contribution in [0.3, 0.4) is 0 Å². The predicted molar refractivity (Wildman–Crippen MR) is 146 cm³/mol. The van der Waals surface area contributed by atoms with Gasteiger partial charge in [-0.05, 0) is 53.9 Å². The smallest absolute Gasteiger partial charge is 0.243 e. The van der Waals surface area contributed by atoms with Crippen molar-refractivity contribution in [3.05, 3.63) is 83.9 Å². The van der Waals surface area contributed by atoms with Crippen LogP contribution in [0.15, 0.2) is 77.7 Å². The minimum atomic E-state index is -3.89. The predicted octanol–water partition coefficient (Wildman–Crippen LogP) is 3.00. The molecule has 10 heteroatoms. The van der Waals surface area contributed by atoms with Gasteiger partial charge in [-0.1, -0.05) is 36.4 Å². The van der Waals surface area contributed by atoms with Gasteiger partial charge in [-0.3, -0.25) is 9.69 Å². The van der Waals surface area contributed by atoms with E-state index >= 15 is 0 Å². The first kappa shape index (κ1) is 27.0. The second-order valence-corrected chi connectivity index (χ2v) is 11.5. The highest BCUT2D eigenvalue weighted by atomic mass is 32.2. The molecule has 0 radical (unpaired) electrons. The molecule has 0 aromatic heterocycles. The van der Waals surface area contributed by atoms with Crippen molar-refractivity contribution in [3.8, 4) is 17.2 Å². The van der Waals surface area contributed by atoms with E-state index in [0.29, 0.717) is 38.3 Å². The van der Waals surface area contributed by atoms with E-state index in [1.165, 1.54) is 23.5 Å². The summed E-state index contributed by atoms with van der Waals surface area (Å²) in [7, 11) is -2.36. The Morgan fingerprint density at radius 2 is 1.62 bits per heavy atom. The van der Waals surface area contributed by atoms with Crippen molar-refractivity contribution >= 4 is 15.9 Å². The molecule has 1 amide bonds. The van der Waals surface area contributed by atoms with Crippen LogP contribution in [0.5, 0.6) is 17.2 Å². The maximum atomic E-state index is 13.6. The average molecular weight is 552 g/mol. The largest absolute Gasteiger partial charge is 0.497 e. The van der Waals surface area contributed by atoms with Crippen LogP contribution in [0.2, 0.25) is 0 Å². The highest BCUT2D eigenvalue weighted by molar-refractivity contribution is 7.89. The number of sulfonamides is 1. The van der Waals surface area contributed by atoms with Crippen LogP contribution in [0, 0.1) is 0 Å². The number of nitrogens with zero attached hydrogens (tertiary/aromatic N) is 3. The van der Waals surface area contributed by atoms with Gasteiger partial charge in [0, 0.05) is 39.3 Å². The van der Waals surface area contributed by atoms with Crippen LogP contribution in [0.25, 0.3) is 0 Å². The summed E-state index contributed by atoms with van der Waals surface area (Å²) in [6.45, 7) is 3.48. The molecule has 0 saturated carbocycles. The van der Waals surface area contributed by atoms with Crippen LogP contribution in [-0.2, 0) is 27.8 Å². The van der Waals surface area contributed by atoms with Gasteiger partial charge in [0.25, 0.3) is 0 Å². The third-order valence-electron chi connectivity index (χ3n) is 7.07. The van der Waals surface area contributed by atoms with Gasteiger partial charge in [-0.2, -0.15) is 4.31 Å². The molecule has 39 heavy (non-hydrogen) atoms. The second kappa shape index (κ2) is 12.1. The molecule has 3 aromatic rings. The molecule has 1 fully saturated rings. The summed E-state index contributed by atoms with van der Waals surface area (Å²) in [5.74, 6) is 1.90. The lowest BCUT2D eigenvalue weighted by atomic mass is 10.1. The first-order valence-corrected chi connectivity index (χ1v) is 14.4. The number of carbonyl (C=O) groups is 1. The number of amides is 1. The van der Waals surface area contributed by atoms with Crippen LogP contribution in [0.1, 0.15) is 11.1 Å². The molecular formula is C29H33N3O6S. The van der Waals surface area contributed by atoms with E-state index in [0.717, 1.165) is 29.2 Å². The molecule has 2 heterocycles. The molecule has 2 aliphatic rings. The topological polar surface area (TPSA) is 88.6 Å². The average Bonchev–Trinajstić information content (AvgIpc) is 3.44. The van der Waals surface area contributed by atoms with Crippen LogP contribution < -0.4 is 14.2 Å². The van der Waals surface area contributed by atoms with E-state index in [9.17, 15) is 13.2 Å². The summed E-state index contributed by atoms with van der Waals surface area (Å²) in [5.41, 5.74) is 2.13.